The molecule has 3 rings (SSSR count). The van der Waals surface area contributed by atoms with Crippen LogP contribution >= 0.6 is 11.3 Å². The average molecular weight is 388 g/mol. The Labute approximate surface area is 162 Å². The van der Waals surface area contributed by atoms with Gasteiger partial charge in [-0.2, -0.15) is 0 Å². The van der Waals surface area contributed by atoms with Gasteiger partial charge in [0.25, 0.3) is 11.8 Å². The van der Waals surface area contributed by atoms with Crippen molar-refractivity contribution >= 4 is 23.2 Å². The van der Waals surface area contributed by atoms with Crippen molar-refractivity contribution in [3.05, 3.63) is 44.6 Å². The van der Waals surface area contributed by atoms with Crippen molar-refractivity contribution in [1.82, 2.24) is 10.9 Å². The molecule has 7 heteroatoms. The number of aryl methyl sites for hydroxylation is 2. The van der Waals surface area contributed by atoms with E-state index in [-0.39, 0.29) is 5.91 Å². The summed E-state index contributed by atoms with van der Waals surface area (Å²) in [4.78, 5) is 26.8. The number of rotatable bonds is 4. The lowest BCUT2D eigenvalue weighted by Gasteiger charge is -2.13. The summed E-state index contributed by atoms with van der Waals surface area (Å²) in [7, 11) is 3.07. The number of hydrogen-bond donors (Lipinski definition) is 2. The largest absolute Gasteiger partial charge is 0.496 e. The SMILES string of the molecule is COc1cc(C(=O)NNC(=O)c2cc3c(s2)CCCCC3)cc(OC)c1C. The van der Waals surface area contributed by atoms with E-state index in [1.54, 1.807) is 12.1 Å². The molecule has 0 unspecified atom stereocenters. The molecule has 0 fully saturated rings. The summed E-state index contributed by atoms with van der Waals surface area (Å²) in [6.45, 7) is 1.85. The molecule has 0 saturated heterocycles. The second-order valence-corrected chi connectivity index (χ2v) is 7.67. The first-order valence-electron chi connectivity index (χ1n) is 8.98. The molecular formula is C20H24N2O4S. The highest BCUT2D eigenvalue weighted by atomic mass is 32.1. The number of fused-ring (bicyclic) bond motifs is 1. The van der Waals surface area contributed by atoms with E-state index in [1.807, 2.05) is 13.0 Å². The van der Waals surface area contributed by atoms with Gasteiger partial charge in [0.15, 0.2) is 0 Å². The van der Waals surface area contributed by atoms with Gasteiger partial charge < -0.3 is 9.47 Å². The standard InChI is InChI=1S/C20H24N2O4S/c1-12-15(25-2)9-14(10-16(12)26-3)19(23)21-22-20(24)18-11-13-7-5-4-6-8-17(13)27-18/h9-11H,4-8H2,1-3H3,(H,21,23)(H,22,24). The number of nitrogens with one attached hydrogen (secondary N) is 2. The van der Waals surface area contributed by atoms with Gasteiger partial charge in [0.2, 0.25) is 0 Å². The van der Waals surface area contributed by atoms with Crippen molar-refractivity contribution in [3.63, 3.8) is 0 Å². The highest BCUT2D eigenvalue weighted by Crippen LogP contribution is 2.30. The van der Waals surface area contributed by atoms with Gasteiger partial charge in [-0.1, -0.05) is 6.42 Å². The number of carbonyl (C=O) groups is 2. The van der Waals surface area contributed by atoms with Crippen molar-refractivity contribution in [1.29, 1.82) is 0 Å². The summed E-state index contributed by atoms with van der Waals surface area (Å²) in [5.74, 6) is 0.367. The zero-order chi connectivity index (χ0) is 19.4. The number of hydrogen-bond acceptors (Lipinski definition) is 5. The fourth-order valence-corrected chi connectivity index (χ4v) is 4.39. The van der Waals surface area contributed by atoms with Crippen LogP contribution < -0.4 is 20.3 Å². The summed E-state index contributed by atoms with van der Waals surface area (Å²) in [6.07, 6.45) is 5.63. The molecule has 1 aromatic heterocycles. The van der Waals surface area contributed by atoms with E-state index in [4.69, 9.17) is 9.47 Å². The summed E-state index contributed by atoms with van der Waals surface area (Å²) in [6, 6.07) is 5.18. The molecule has 1 aliphatic rings. The molecular weight excluding hydrogens is 364 g/mol. The fourth-order valence-electron chi connectivity index (χ4n) is 3.24. The number of methoxy groups -OCH3 is 2. The number of ether oxygens (including phenoxy) is 2. The third-order valence-electron chi connectivity index (χ3n) is 4.77. The van der Waals surface area contributed by atoms with Gasteiger partial charge in [-0.05, 0) is 56.4 Å². The van der Waals surface area contributed by atoms with E-state index in [1.165, 1.54) is 55.3 Å². The van der Waals surface area contributed by atoms with Gasteiger partial charge >= 0.3 is 0 Å². The molecule has 0 atom stereocenters. The predicted octanol–water partition coefficient (Wildman–Crippen LogP) is 3.42. The Bertz CT molecular complexity index is 811. The molecule has 0 spiro atoms. The minimum absolute atomic E-state index is 0.299. The smallest absolute Gasteiger partial charge is 0.279 e. The molecule has 27 heavy (non-hydrogen) atoms. The van der Waals surface area contributed by atoms with Crippen LogP contribution in [-0.4, -0.2) is 26.0 Å². The molecule has 2 amide bonds. The molecule has 1 aromatic carbocycles. The topological polar surface area (TPSA) is 76.7 Å². The summed E-state index contributed by atoms with van der Waals surface area (Å²) >= 11 is 1.52. The maximum absolute atomic E-state index is 12.4. The number of carbonyl (C=O) groups excluding carboxylic acids is 2. The van der Waals surface area contributed by atoms with E-state index in [9.17, 15) is 9.59 Å². The van der Waals surface area contributed by atoms with Crippen LogP contribution in [0.3, 0.4) is 0 Å². The van der Waals surface area contributed by atoms with Gasteiger partial charge in [-0.3, -0.25) is 20.4 Å². The molecule has 0 bridgehead atoms. The second kappa shape index (κ2) is 8.43. The number of hydrazine groups is 1. The lowest BCUT2D eigenvalue weighted by molar-refractivity contribution is 0.0848. The van der Waals surface area contributed by atoms with Crippen LogP contribution in [0.1, 0.15) is 55.3 Å². The molecule has 0 radical (unpaired) electrons. The maximum atomic E-state index is 12.4. The van der Waals surface area contributed by atoms with E-state index >= 15 is 0 Å². The molecule has 1 heterocycles. The highest BCUT2D eigenvalue weighted by Gasteiger charge is 2.18. The number of amides is 2. The number of thiophene rings is 1. The Hall–Kier alpha value is -2.54. The van der Waals surface area contributed by atoms with Gasteiger partial charge in [0.1, 0.15) is 11.5 Å². The van der Waals surface area contributed by atoms with E-state index < -0.39 is 5.91 Å². The van der Waals surface area contributed by atoms with Crippen LogP contribution in [0.25, 0.3) is 0 Å². The van der Waals surface area contributed by atoms with Crippen molar-refractivity contribution < 1.29 is 19.1 Å². The molecule has 144 valence electrons. The molecule has 2 N–H and O–H groups in total. The Morgan fingerprint density at radius 2 is 1.56 bits per heavy atom. The van der Waals surface area contributed by atoms with Crippen LogP contribution in [0.5, 0.6) is 11.5 Å². The minimum Gasteiger partial charge on any atom is -0.496 e. The summed E-state index contributed by atoms with van der Waals surface area (Å²) in [5.41, 5.74) is 7.39. The zero-order valence-electron chi connectivity index (χ0n) is 15.8. The maximum Gasteiger partial charge on any atom is 0.279 e. The second-order valence-electron chi connectivity index (χ2n) is 6.53. The van der Waals surface area contributed by atoms with Crippen LogP contribution in [0.15, 0.2) is 18.2 Å². The molecule has 0 aliphatic heterocycles. The first-order valence-corrected chi connectivity index (χ1v) is 9.80. The fraction of sp³-hybridized carbons (Fsp3) is 0.400. The Kier molecular flexibility index (Phi) is 6.01. The van der Waals surface area contributed by atoms with Crippen LogP contribution in [0, 0.1) is 6.92 Å². The van der Waals surface area contributed by atoms with Crippen molar-refractivity contribution in [3.8, 4) is 11.5 Å². The lowest BCUT2D eigenvalue weighted by Crippen LogP contribution is -2.41. The predicted molar refractivity (Wildman–Crippen MR) is 105 cm³/mol. The third-order valence-corrected chi connectivity index (χ3v) is 6.01. The van der Waals surface area contributed by atoms with Crippen LogP contribution in [0.4, 0.5) is 0 Å². The summed E-state index contributed by atoms with van der Waals surface area (Å²) in [5, 5.41) is 0. The van der Waals surface area contributed by atoms with Crippen molar-refractivity contribution in [2.45, 2.75) is 39.0 Å². The average Bonchev–Trinajstić information content (AvgIpc) is 2.96. The molecule has 2 aromatic rings. The summed E-state index contributed by atoms with van der Waals surface area (Å²) < 4.78 is 10.6. The van der Waals surface area contributed by atoms with Gasteiger partial charge in [0, 0.05) is 16.0 Å². The first-order chi connectivity index (χ1) is 13.0. The van der Waals surface area contributed by atoms with E-state index in [0.29, 0.717) is 21.9 Å². The normalized spacial score (nSPS) is 13.3. The van der Waals surface area contributed by atoms with Gasteiger partial charge in [0.05, 0.1) is 19.1 Å². The highest BCUT2D eigenvalue weighted by molar-refractivity contribution is 7.14. The first kappa shape index (κ1) is 19.2. The van der Waals surface area contributed by atoms with Gasteiger partial charge in [-0.25, -0.2) is 0 Å². The Morgan fingerprint density at radius 1 is 0.926 bits per heavy atom. The monoisotopic (exact) mass is 388 g/mol. The van der Waals surface area contributed by atoms with Crippen LogP contribution in [-0.2, 0) is 12.8 Å². The molecule has 0 saturated carbocycles. The van der Waals surface area contributed by atoms with Crippen LogP contribution in [0.2, 0.25) is 0 Å². The van der Waals surface area contributed by atoms with E-state index in [2.05, 4.69) is 10.9 Å². The zero-order valence-corrected chi connectivity index (χ0v) is 16.6. The molecule has 1 aliphatic carbocycles. The third kappa shape index (κ3) is 4.24. The quantitative estimate of drug-likeness (QED) is 0.622. The van der Waals surface area contributed by atoms with Gasteiger partial charge in [-0.15, -0.1) is 11.3 Å². The minimum atomic E-state index is -0.432. The lowest BCUT2D eigenvalue weighted by atomic mass is 10.1. The molecule has 6 nitrogen and oxygen atoms in total. The Morgan fingerprint density at radius 3 is 2.22 bits per heavy atom. The van der Waals surface area contributed by atoms with E-state index in [0.717, 1.165) is 18.4 Å². The number of benzene rings is 1. The van der Waals surface area contributed by atoms with Crippen molar-refractivity contribution in [2.24, 2.45) is 0 Å². The Balaban J connectivity index is 1.68. The van der Waals surface area contributed by atoms with Crippen molar-refractivity contribution in [2.75, 3.05) is 14.2 Å².